The summed E-state index contributed by atoms with van der Waals surface area (Å²) in [6.07, 6.45) is 5.81. The second-order valence-electron chi connectivity index (χ2n) is 4.38. The average Bonchev–Trinajstić information content (AvgIpc) is 2.77. The first-order chi connectivity index (χ1) is 8.63. The van der Waals surface area contributed by atoms with Gasteiger partial charge in [-0.15, -0.1) is 0 Å². The quantitative estimate of drug-likeness (QED) is 0.638. The summed E-state index contributed by atoms with van der Waals surface area (Å²) < 4.78 is 2.08. The van der Waals surface area contributed by atoms with E-state index in [9.17, 15) is 0 Å². The molecule has 0 aliphatic heterocycles. The van der Waals surface area contributed by atoms with Crippen LogP contribution in [-0.4, -0.2) is 15.4 Å². The van der Waals surface area contributed by atoms with E-state index in [1.165, 1.54) is 0 Å². The van der Waals surface area contributed by atoms with Crippen molar-refractivity contribution < 1.29 is 0 Å². The highest BCUT2D eigenvalue weighted by molar-refractivity contribution is 5.96. The van der Waals surface area contributed by atoms with Crippen LogP contribution in [0.5, 0.6) is 0 Å². The van der Waals surface area contributed by atoms with E-state index in [0.29, 0.717) is 0 Å². The van der Waals surface area contributed by atoms with E-state index < -0.39 is 0 Å². The average molecular weight is 242 g/mol. The lowest BCUT2D eigenvalue weighted by Gasteiger charge is -2.10. The van der Waals surface area contributed by atoms with E-state index >= 15 is 0 Å². The van der Waals surface area contributed by atoms with Gasteiger partial charge in [-0.1, -0.05) is 6.92 Å². The fourth-order valence-electron chi connectivity index (χ4n) is 2.08. The lowest BCUT2D eigenvalue weighted by Crippen LogP contribution is -2.13. The summed E-state index contributed by atoms with van der Waals surface area (Å²) in [4.78, 5) is 4.37. The summed E-state index contributed by atoms with van der Waals surface area (Å²) in [7, 11) is 0. The molecule has 0 spiro atoms. The maximum atomic E-state index is 7.49. The smallest absolute Gasteiger partial charge is 0.123 e. The van der Waals surface area contributed by atoms with Gasteiger partial charge in [0, 0.05) is 30.1 Å². The lowest BCUT2D eigenvalue weighted by atomic mass is 10.1. The number of amidine groups is 1. The van der Waals surface area contributed by atoms with Crippen LogP contribution < -0.4 is 5.73 Å². The van der Waals surface area contributed by atoms with Crippen LogP contribution in [0.15, 0.2) is 30.6 Å². The summed E-state index contributed by atoms with van der Waals surface area (Å²) in [6.45, 7) is 4.11. The number of hydrogen-bond donors (Lipinski definition) is 2. The number of benzene rings is 1. The highest BCUT2D eigenvalue weighted by atomic mass is 15.1. The van der Waals surface area contributed by atoms with Gasteiger partial charge in [0.15, 0.2) is 0 Å². The van der Waals surface area contributed by atoms with Crippen molar-refractivity contribution in [2.75, 3.05) is 0 Å². The molecule has 2 rings (SSSR count). The van der Waals surface area contributed by atoms with Crippen molar-refractivity contribution in [2.24, 2.45) is 5.73 Å². The Morgan fingerprint density at radius 2 is 2.22 bits per heavy atom. The predicted octanol–water partition coefficient (Wildman–Crippen LogP) is 2.42. The number of nitrogens with zero attached hydrogens (tertiary/aromatic N) is 2. The van der Waals surface area contributed by atoms with Gasteiger partial charge >= 0.3 is 0 Å². The Kier molecular flexibility index (Phi) is 3.46. The van der Waals surface area contributed by atoms with Crippen LogP contribution in [0.4, 0.5) is 0 Å². The normalized spacial score (nSPS) is 10.6. The predicted molar refractivity (Wildman–Crippen MR) is 73.3 cm³/mol. The zero-order valence-corrected chi connectivity index (χ0v) is 10.8. The topological polar surface area (TPSA) is 67.7 Å². The number of imidazole rings is 1. The minimum absolute atomic E-state index is 0.110. The van der Waals surface area contributed by atoms with Gasteiger partial charge < -0.3 is 10.3 Å². The van der Waals surface area contributed by atoms with Crippen molar-refractivity contribution in [3.8, 4) is 5.69 Å². The SMILES string of the molecule is CCCc1nccn1-c1ccc(C(=N)N)c(C)c1. The van der Waals surface area contributed by atoms with E-state index in [0.717, 1.165) is 35.5 Å². The molecule has 1 aromatic heterocycles. The molecule has 2 aromatic rings. The van der Waals surface area contributed by atoms with Crippen LogP contribution in [0.25, 0.3) is 5.69 Å². The van der Waals surface area contributed by atoms with E-state index in [4.69, 9.17) is 11.1 Å². The monoisotopic (exact) mass is 242 g/mol. The number of aromatic nitrogens is 2. The Morgan fingerprint density at radius 1 is 1.44 bits per heavy atom. The van der Waals surface area contributed by atoms with Gasteiger partial charge in [0.05, 0.1) is 0 Å². The molecule has 3 N–H and O–H groups in total. The molecule has 1 aromatic carbocycles. The van der Waals surface area contributed by atoms with Gasteiger partial charge in [0.25, 0.3) is 0 Å². The minimum Gasteiger partial charge on any atom is -0.384 e. The third kappa shape index (κ3) is 2.27. The third-order valence-electron chi connectivity index (χ3n) is 2.97. The van der Waals surface area contributed by atoms with Crippen LogP contribution in [-0.2, 0) is 6.42 Å². The maximum Gasteiger partial charge on any atom is 0.123 e. The molecule has 1 heterocycles. The van der Waals surface area contributed by atoms with Crippen molar-refractivity contribution in [1.29, 1.82) is 5.41 Å². The zero-order chi connectivity index (χ0) is 13.1. The molecule has 0 fully saturated rings. The fourth-order valence-corrected chi connectivity index (χ4v) is 2.08. The second kappa shape index (κ2) is 5.04. The van der Waals surface area contributed by atoms with E-state index in [1.54, 1.807) is 0 Å². The molecule has 0 aliphatic carbocycles. The molecule has 4 heteroatoms. The van der Waals surface area contributed by atoms with Crippen molar-refractivity contribution >= 4 is 5.84 Å². The summed E-state index contributed by atoms with van der Waals surface area (Å²) in [5.74, 6) is 1.17. The molecule has 94 valence electrons. The number of nitrogens with two attached hydrogens (primary N) is 1. The van der Waals surface area contributed by atoms with Crippen molar-refractivity contribution in [3.05, 3.63) is 47.5 Å². The Bertz CT molecular complexity index is 569. The third-order valence-corrected chi connectivity index (χ3v) is 2.97. The van der Waals surface area contributed by atoms with E-state index in [1.807, 2.05) is 37.5 Å². The fraction of sp³-hybridized carbons (Fsp3) is 0.286. The standard InChI is InChI=1S/C14H18N4/c1-3-4-13-17-7-8-18(13)11-5-6-12(14(15)16)10(2)9-11/h5-9H,3-4H2,1-2H3,(H3,15,16). The largest absolute Gasteiger partial charge is 0.384 e. The molecule has 0 unspecified atom stereocenters. The zero-order valence-electron chi connectivity index (χ0n) is 10.8. The highest BCUT2D eigenvalue weighted by Gasteiger charge is 2.07. The lowest BCUT2D eigenvalue weighted by molar-refractivity contribution is 0.809. The van der Waals surface area contributed by atoms with Crippen LogP contribution in [0.3, 0.4) is 0 Å². The first kappa shape index (κ1) is 12.4. The molecule has 0 bridgehead atoms. The Labute approximate surface area is 107 Å². The van der Waals surface area contributed by atoms with E-state index in [-0.39, 0.29) is 5.84 Å². The number of hydrogen-bond acceptors (Lipinski definition) is 2. The van der Waals surface area contributed by atoms with Crippen LogP contribution in [0.1, 0.15) is 30.3 Å². The van der Waals surface area contributed by atoms with E-state index in [2.05, 4.69) is 16.5 Å². The van der Waals surface area contributed by atoms with Crippen LogP contribution >= 0.6 is 0 Å². The van der Waals surface area contributed by atoms with Gasteiger partial charge in [0.1, 0.15) is 11.7 Å². The summed E-state index contributed by atoms with van der Waals surface area (Å²) in [5, 5.41) is 7.49. The van der Waals surface area contributed by atoms with Gasteiger partial charge in [-0.05, 0) is 37.1 Å². The van der Waals surface area contributed by atoms with Crippen molar-refractivity contribution in [3.63, 3.8) is 0 Å². The molecular weight excluding hydrogens is 224 g/mol. The minimum atomic E-state index is 0.110. The van der Waals surface area contributed by atoms with Gasteiger partial charge in [0.2, 0.25) is 0 Å². The van der Waals surface area contributed by atoms with Crippen molar-refractivity contribution in [1.82, 2.24) is 9.55 Å². The molecule has 0 radical (unpaired) electrons. The number of rotatable bonds is 4. The molecule has 0 saturated heterocycles. The van der Waals surface area contributed by atoms with Crippen molar-refractivity contribution in [2.45, 2.75) is 26.7 Å². The molecule has 0 aliphatic rings. The summed E-state index contributed by atoms with van der Waals surface area (Å²) >= 11 is 0. The molecular formula is C14H18N4. The molecule has 18 heavy (non-hydrogen) atoms. The second-order valence-corrected chi connectivity index (χ2v) is 4.38. The van der Waals surface area contributed by atoms with Gasteiger partial charge in [-0.3, -0.25) is 5.41 Å². The van der Waals surface area contributed by atoms with Gasteiger partial charge in [-0.2, -0.15) is 0 Å². The Hall–Kier alpha value is -2.10. The van der Waals surface area contributed by atoms with Crippen LogP contribution in [0, 0.1) is 12.3 Å². The highest BCUT2D eigenvalue weighted by Crippen LogP contribution is 2.16. The van der Waals surface area contributed by atoms with Crippen LogP contribution in [0.2, 0.25) is 0 Å². The first-order valence-electron chi connectivity index (χ1n) is 6.11. The Morgan fingerprint density at radius 3 is 2.83 bits per heavy atom. The molecule has 0 amide bonds. The summed E-state index contributed by atoms with van der Waals surface area (Å²) in [5.41, 5.74) is 8.39. The maximum absolute atomic E-state index is 7.49. The molecule has 4 nitrogen and oxygen atoms in total. The van der Waals surface area contributed by atoms with Gasteiger partial charge in [-0.25, -0.2) is 4.98 Å². The summed E-state index contributed by atoms with van der Waals surface area (Å²) in [6, 6.07) is 5.91. The first-order valence-corrected chi connectivity index (χ1v) is 6.11. The number of nitrogens with one attached hydrogen (secondary N) is 1. The molecule has 0 atom stereocenters. The number of nitrogen functional groups attached to an aromatic ring is 1. The number of aryl methyl sites for hydroxylation is 2. The Balaban J connectivity index is 2.42. The molecule has 0 saturated carbocycles.